The zero-order valence-electron chi connectivity index (χ0n) is 10.4. The summed E-state index contributed by atoms with van der Waals surface area (Å²) in [6.45, 7) is 0. The molecular weight excluding hydrogens is 353 g/mol. The molecule has 110 valence electrons. The van der Waals surface area contributed by atoms with Crippen molar-refractivity contribution in [2.75, 3.05) is 0 Å². The lowest BCUT2D eigenvalue weighted by atomic mass is 10.2. The SMILES string of the molecule is O=Cc1ccc(Oc2ccc(OC(F)(F)F)c(Br)c2)cc1. The molecule has 0 N–H and O–H groups in total. The first-order valence-electron chi connectivity index (χ1n) is 5.66. The van der Waals surface area contributed by atoms with E-state index in [9.17, 15) is 18.0 Å². The third-order valence-corrected chi connectivity index (χ3v) is 3.00. The van der Waals surface area contributed by atoms with E-state index in [1.807, 2.05) is 0 Å². The van der Waals surface area contributed by atoms with E-state index in [4.69, 9.17) is 4.74 Å². The van der Waals surface area contributed by atoms with Crippen LogP contribution in [-0.2, 0) is 0 Å². The van der Waals surface area contributed by atoms with Gasteiger partial charge < -0.3 is 9.47 Å². The van der Waals surface area contributed by atoms with Crippen LogP contribution in [-0.4, -0.2) is 12.6 Å². The van der Waals surface area contributed by atoms with Crippen LogP contribution >= 0.6 is 15.9 Å². The summed E-state index contributed by atoms with van der Waals surface area (Å²) in [5.74, 6) is 0.429. The Balaban J connectivity index is 2.14. The summed E-state index contributed by atoms with van der Waals surface area (Å²) in [5.41, 5.74) is 0.498. The molecule has 0 aliphatic heterocycles. The Bertz CT molecular complexity index is 639. The lowest BCUT2D eigenvalue weighted by Gasteiger charge is -2.12. The van der Waals surface area contributed by atoms with Crippen LogP contribution in [0.1, 0.15) is 10.4 Å². The van der Waals surface area contributed by atoms with Gasteiger partial charge >= 0.3 is 6.36 Å². The van der Waals surface area contributed by atoms with Crippen molar-refractivity contribution in [1.82, 2.24) is 0 Å². The highest BCUT2D eigenvalue weighted by atomic mass is 79.9. The minimum absolute atomic E-state index is 0.113. The second-order valence-corrected chi connectivity index (χ2v) is 4.78. The fraction of sp³-hybridized carbons (Fsp3) is 0.0714. The van der Waals surface area contributed by atoms with E-state index in [1.165, 1.54) is 12.1 Å². The van der Waals surface area contributed by atoms with Gasteiger partial charge in [0.1, 0.15) is 23.5 Å². The molecule has 0 aliphatic rings. The number of alkyl halides is 3. The molecule has 0 unspecified atom stereocenters. The van der Waals surface area contributed by atoms with Gasteiger partial charge in [-0.1, -0.05) is 0 Å². The third-order valence-electron chi connectivity index (χ3n) is 2.38. The van der Waals surface area contributed by atoms with Gasteiger partial charge in [-0.05, 0) is 58.4 Å². The number of ether oxygens (including phenoxy) is 2. The normalized spacial score (nSPS) is 11.0. The molecule has 0 heterocycles. The van der Waals surface area contributed by atoms with Crippen molar-refractivity contribution in [2.45, 2.75) is 6.36 Å². The number of benzene rings is 2. The largest absolute Gasteiger partial charge is 0.573 e. The Morgan fingerprint density at radius 2 is 1.62 bits per heavy atom. The molecule has 0 aliphatic carbocycles. The molecule has 0 radical (unpaired) electrons. The Morgan fingerprint density at radius 3 is 2.14 bits per heavy atom. The zero-order chi connectivity index (χ0) is 15.5. The second kappa shape index (κ2) is 6.17. The van der Waals surface area contributed by atoms with Crippen molar-refractivity contribution in [3.63, 3.8) is 0 Å². The van der Waals surface area contributed by atoms with Gasteiger partial charge in [-0.25, -0.2) is 0 Å². The minimum Gasteiger partial charge on any atom is -0.457 e. The van der Waals surface area contributed by atoms with E-state index in [1.54, 1.807) is 24.3 Å². The molecule has 0 amide bonds. The van der Waals surface area contributed by atoms with Crippen molar-refractivity contribution in [3.05, 3.63) is 52.5 Å². The molecule has 2 aromatic carbocycles. The molecule has 0 spiro atoms. The maximum Gasteiger partial charge on any atom is 0.573 e. The van der Waals surface area contributed by atoms with Crippen molar-refractivity contribution < 1.29 is 27.4 Å². The van der Waals surface area contributed by atoms with E-state index in [-0.39, 0.29) is 10.2 Å². The highest BCUT2D eigenvalue weighted by Crippen LogP contribution is 2.34. The van der Waals surface area contributed by atoms with Gasteiger partial charge in [-0.2, -0.15) is 0 Å². The fourth-order valence-electron chi connectivity index (χ4n) is 1.50. The molecular formula is C14H8BrF3O3. The Hall–Kier alpha value is -2.02. The standard InChI is InChI=1S/C14H8BrF3O3/c15-12-7-11(5-6-13(12)21-14(16,17)18)20-10-3-1-9(8-19)2-4-10/h1-8H. The number of carbonyl (C=O) groups excluding carboxylic acids is 1. The average molecular weight is 361 g/mol. The first-order valence-corrected chi connectivity index (χ1v) is 6.45. The van der Waals surface area contributed by atoms with Crippen molar-refractivity contribution in [2.24, 2.45) is 0 Å². The van der Waals surface area contributed by atoms with Crippen LogP contribution < -0.4 is 9.47 Å². The molecule has 2 rings (SSSR count). The quantitative estimate of drug-likeness (QED) is 0.723. The Kier molecular flexibility index (Phi) is 4.52. The third kappa shape index (κ3) is 4.49. The van der Waals surface area contributed by atoms with Gasteiger partial charge in [0.05, 0.1) is 4.47 Å². The first kappa shape index (κ1) is 15.4. The molecule has 21 heavy (non-hydrogen) atoms. The fourth-order valence-corrected chi connectivity index (χ4v) is 1.94. The van der Waals surface area contributed by atoms with Crippen LogP contribution in [0.3, 0.4) is 0 Å². The molecule has 7 heteroatoms. The van der Waals surface area contributed by atoms with Gasteiger partial charge in [0.15, 0.2) is 0 Å². The topological polar surface area (TPSA) is 35.5 Å². The Labute approximate surface area is 126 Å². The van der Waals surface area contributed by atoms with Crippen molar-refractivity contribution in [1.29, 1.82) is 0 Å². The summed E-state index contributed by atoms with van der Waals surface area (Å²) >= 11 is 2.98. The van der Waals surface area contributed by atoms with Crippen LogP contribution in [0.15, 0.2) is 46.9 Å². The molecule has 0 bridgehead atoms. The smallest absolute Gasteiger partial charge is 0.457 e. The highest BCUT2D eigenvalue weighted by Gasteiger charge is 2.32. The van der Waals surface area contributed by atoms with Crippen LogP contribution in [0, 0.1) is 0 Å². The summed E-state index contributed by atoms with van der Waals surface area (Å²) in [7, 11) is 0. The first-order chi connectivity index (χ1) is 9.87. The number of hydrogen-bond acceptors (Lipinski definition) is 3. The van der Waals surface area contributed by atoms with Gasteiger partial charge in [-0.3, -0.25) is 4.79 Å². The van der Waals surface area contributed by atoms with Gasteiger partial charge in [0.2, 0.25) is 0 Å². The van der Waals surface area contributed by atoms with Crippen LogP contribution in [0.25, 0.3) is 0 Å². The van der Waals surface area contributed by atoms with Gasteiger partial charge in [0.25, 0.3) is 0 Å². The van der Waals surface area contributed by atoms with Crippen LogP contribution in [0.4, 0.5) is 13.2 Å². The van der Waals surface area contributed by atoms with Crippen LogP contribution in [0.5, 0.6) is 17.2 Å². The van der Waals surface area contributed by atoms with Gasteiger partial charge in [-0.15, -0.1) is 13.2 Å². The van der Waals surface area contributed by atoms with Crippen molar-refractivity contribution >= 4 is 22.2 Å². The zero-order valence-corrected chi connectivity index (χ0v) is 11.9. The predicted molar refractivity (Wildman–Crippen MR) is 72.7 cm³/mol. The minimum atomic E-state index is -4.75. The monoisotopic (exact) mass is 360 g/mol. The molecule has 0 saturated carbocycles. The van der Waals surface area contributed by atoms with E-state index in [0.717, 1.165) is 6.07 Å². The summed E-state index contributed by atoms with van der Waals surface area (Å²) in [5, 5.41) is 0. The van der Waals surface area contributed by atoms with Gasteiger partial charge in [0, 0.05) is 5.56 Å². The summed E-state index contributed by atoms with van der Waals surface area (Å²) in [4.78, 5) is 10.5. The van der Waals surface area contributed by atoms with E-state index >= 15 is 0 Å². The second-order valence-electron chi connectivity index (χ2n) is 3.93. The number of rotatable bonds is 4. The molecule has 0 fully saturated rings. The lowest BCUT2D eigenvalue weighted by molar-refractivity contribution is -0.274. The van der Waals surface area contributed by atoms with Crippen LogP contribution in [0.2, 0.25) is 0 Å². The molecule has 2 aromatic rings. The maximum absolute atomic E-state index is 12.1. The summed E-state index contributed by atoms with van der Waals surface area (Å²) in [6.07, 6.45) is -4.06. The summed E-state index contributed by atoms with van der Waals surface area (Å²) < 4.78 is 45.8. The number of hydrogen-bond donors (Lipinski definition) is 0. The maximum atomic E-state index is 12.1. The molecule has 0 saturated heterocycles. The molecule has 3 nitrogen and oxygen atoms in total. The summed E-state index contributed by atoms with van der Waals surface area (Å²) in [6, 6.07) is 10.1. The number of carbonyl (C=O) groups is 1. The number of aldehydes is 1. The van der Waals surface area contributed by atoms with E-state index in [2.05, 4.69) is 20.7 Å². The average Bonchev–Trinajstić information content (AvgIpc) is 2.41. The lowest BCUT2D eigenvalue weighted by Crippen LogP contribution is -2.17. The van der Waals surface area contributed by atoms with E-state index in [0.29, 0.717) is 23.3 Å². The molecule has 0 atom stereocenters. The molecule has 0 aromatic heterocycles. The Morgan fingerprint density at radius 1 is 1.00 bits per heavy atom. The van der Waals surface area contributed by atoms with E-state index < -0.39 is 6.36 Å². The van der Waals surface area contributed by atoms with Crippen molar-refractivity contribution in [3.8, 4) is 17.2 Å². The number of halogens is 4. The highest BCUT2D eigenvalue weighted by molar-refractivity contribution is 9.10. The predicted octanol–water partition coefficient (Wildman–Crippen LogP) is 4.95.